The average Bonchev–Trinajstić information content (AvgIpc) is 1.85. The second-order valence-electron chi connectivity index (χ2n) is 2.44. The molecule has 0 amide bonds. The van der Waals surface area contributed by atoms with Crippen molar-refractivity contribution in [3.05, 3.63) is 12.7 Å². The smallest absolute Gasteiger partial charge is 0.0663 e. The van der Waals surface area contributed by atoms with Crippen molar-refractivity contribution in [3.63, 3.8) is 0 Å². The lowest BCUT2D eigenvalue weighted by Gasteiger charge is -2.30. The molecule has 0 radical (unpaired) electrons. The molecule has 0 aliphatic carbocycles. The van der Waals surface area contributed by atoms with Crippen LogP contribution in [0, 0.1) is 0 Å². The summed E-state index contributed by atoms with van der Waals surface area (Å²) in [5.74, 6) is 0. The molecule has 0 aromatic rings. The van der Waals surface area contributed by atoms with Crippen molar-refractivity contribution in [2.45, 2.75) is 30.1 Å². The van der Waals surface area contributed by atoms with Gasteiger partial charge in [-0.2, -0.15) is 0 Å². The third-order valence-electron chi connectivity index (χ3n) is 1.73. The van der Waals surface area contributed by atoms with Gasteiger partial charge in [-0.1, -0.05) is 6.08 Å². The first-order valence-electron chi connectivity index (χ1n) is 3.15. The van der Waals surface area contributed by atoms with Crippen LogP contribution in [-0.2, 0) is 0 Å². The summed E-state index contributed by atoms with van der Waals surface area (Å²) < 4.78 is 0. The summed E-state index contributed by atoms with van der Waals surface area (Å²) >= 11 is 11.6. The zero-order valence-electron chi connectivity index (χ0n) is 6.27. The van der Waals surface area contributed by atoms with E-state index < -0.39 is 5.54 Å². The Morgan fingerprint density at radius 2 is 1.70 bits per heavy atom. The first kappa shape index (κ1) is 10.3. The second-order valence-corrected chi connectivity index (χ2v) is 3.75. The lowest BCUT2D eigenvalue weighted by molar-refractivity contribution is 0.508. The molecular weight excluding hydrogens is 169 g/mol. The van der Waals surface area contributed by atoms with E-state index in [1.54, 1.807) is 6.08 Å². The van der Waals surface area contributed by atoms with Crippen molar-refractivity contribution >= 4 is 23.2 Å². The number of rotatable bonds is 3. The predicted octanol–water partition coefficient (Wildman–Crippen LogP) is 2.12. The van der Waals surface area contributed by atoms with Crippen LogP contribution < -0.4 is 5.73 Å². The summed E-state index contributed by atoms with van der Waals surface area (Å²) in [4.78, 5) is 0. The summed E-state index contributed by atoms with van der Waals surface area (Å²) in [6.45, 7) is 7.20. The number of nitrogens with two attached hydrogens (primary N) is 1. The Kier molecular flexibility index (Phi) is 3.71. The minimum atomic E-state index is -0.664. The third kappa shape index (κ3) is 1.88. The monoisotopic (exact) mass is 181 g/mol. The van der Waals surface area contributed by atoms with Gasteiger partial charge < -0.3 is 5.73 Å². The highest BCUT2D eigenvalue weighted by Crippen LogP contribution is 2.22. The van der Waals surface area contributed by atoms with Crippen LogP contribution >= 0.6 is 23.2 Å². The number of halogens is 2. The first-order chi connectivity index (χ1) is 4.45. The molecule has 2 N–H and O–H groups in total. The fourth-order valence-electron chi connectivity index (χ4n) is 0.641. The summed E-state index contributed by atoms with van der Waals surface area (Å²) in [5, 5.41) is -0.394. The molecular formula is C7H13Cl2N. The van der Waals surface area contributed by atoms with Crippen molar-refractivity contribution in [1.29, 1.82) is 0 Å². The molecule has 1 nitrogen and oxygen atoms in total. The Hall–Kier alpha value is 0.280. The number of hydrogen-bond donors (Lipinski definition) is 1. The zero-order valence-corrected chi connectivity index (χ0v) is 7.78. The highest BCUT2D eigenvalue weighted by molar-refractivity contribution is 6.25. The van der Waals surface area contributed by atoms with Gasteiger partial charge in [-0.25, -0.2) is 0 Å². The van der Waals surface area contributed by atoms with Gasteiger partial charge in [0.05, 0.1) is 16.3 Å². The molecule has 2 unspecified atom stereocenters. The van der Waals surface area contributed by atoms with E-state index in [1.165, 1.54) is 0 Å². The maximum atomic E-state index is 5.80. The molecule has 0 saturated carbocycles. The molecule has 2 atom stereocenters. The van der Waals surface area contributed by atoms with Gasteiger partial charge in [-0.15, -0.1) is 29.8 Å². The zero-order chi connectivity index (χ0) is 8.36. The van der Waals surface area contributed by atoms with Crippen molar-refractivity contribution in [1.82, 2.24) is 0 Å². The van der Waals surface area contributed by atoms with Crippen LogP contribution in [0.5, 0.6) is 0 Å². The van der Waals surface area contributed by atoms with Gasteiger partial charge in [0.1, 0.15) is 0 Å². The van der Waals surface area contributed by atoms with E-state index in [0.29, 0.717) is 0 Å². The van der Waals surface area contributed by atoms with Gasteiger partial charge in [0.25, 0.3) is 0 Å². The lowest BCUT2D eigenvalue weighted by Crippen LogP contribution is -2.51. The molecule has 0 bridgehead atoms. The van der Waals surface area contributed by atoms with Gasteiger partial charge >= 0.3 is 0 Å². The molecule has 0 aromatic carbocycles. The van der Waals surface area contributed by atoms with Crippen LogP contribution in [0.3, 0.4) is 0 Å². The van der Waals surface area contributed by atoms with Gasteiger partial charge in [0.2, 0.25) is 0 Å². The second kappa shape index (κ2) is 3.61. The Morgan fingerprint density at radius 3 is 1.70 bits per heavy atom. The Morgan fingerprint density at radius 1 is 1.40 bits per heavy atom. The number of alkyl halides is 2. The fraction of sp³-hybridized carbons (Fsp3) is 0.714. The predicted molar refractivity (Wildman–Crippen MR) is 47.7 cm³/mol. The summed E-state index contributed by atoms with van der Waals surface area (Å²) in [5.41, 5.74) is 5.14. The normalized spacial score (nSPS) is 22.9. The van der Waals surface area contributed by atoms with Crippen LogP contribution in [0.1, 0.15) is 13.8 Å². The first-order valence-corrected chi connectivity index (χ1v) is 4.03. The topological polar surface area (TPSA) is 26.0 Å². The summed E-state index contributed by atoms with van der Waals surface area (Å²) in [6.07, 6.45) is 1.60. The largest absolute Gasteiger partial charge is 0.319 e. The van der Waals surface area contributed by atoms with Gasteiger partial charge in [0, 0.05) is 0 Å². The van der Waals surface area contributed by atoms with Gasteiger partial charge in [0.15, 0.2) is 0 Å². The average molecular weight is 182 g/mol. The maximum Gasteiger partial charge on any atom is 0.0663 e. The third-order valence-corrected chi connectivity index (χ3v) is 2.49. The minimum absolute atomic E-state index is 0.197. The van der Waals surface area contributed by atoms with Crippen molar-refractivity contribution in [3.8, 4) is 0 Å². The Balaban J connectivity index is 4.38. The molecule has 0 spiro atoms. The van der Waals surface area contributed by atoms with Gasteiger partial charge in [-0.3, -0.25) is 0 Å². The van der Waals surface area contributed by atoms with Crippen LogP contribution in [0.25, 0.3) is 0 Å². The highest BCUT2D eigenvalue weighted by Gasteiger charge is 2.32. The van der Waals surface area contributed by atoms with E-state index in [4.69, 9.17) is 28.9 Å². The molecule has 0 aliphatic heterocycles. The fourth-order valence-corrected chi connectivity index (χ4v) is 1.26. The maximum absolute atomic E-state index is 5.80. The Labute approximate surface area is 72.2 Å². The molecule has 0 aromatic heterocycles. The molecule has 0 aliphatic rings. The molecule has 0 saturated heterocycles. The van der Waals surface area contributed by atoms with E-state index in [9.17, 15) is 0 Å². The molecule has 60 valence electrons. The van der Waals surface area contributed by atoms with E-state index in [1.807, 2.05) is 13.8 Å². The van der Waals surface area contributed by atoms with E-state index in [-0.39, 0.29) is 10.8 Å². The van der Waals surface area contributed by atoms with Crippen LogP contribution in [0.15, 0.2) is 12.7 Å². The SMILES string of the molecule is C=CC(N)(C(C)Cl)C(C)Cl. The number of hydrogen-bond acceptors (Lipinski definition) is 1. The quantitative estimate of drug-likeness (QED) is 0.525. The molecule has 3 heteroatoms. The molecule has 0 heterocycles. The minimum Gasteiger partial charge on any atom is -0.319 e. The van der Waals surface area contributed by atoms with Crippen LogP contribution in [0.2, 0.25) is 0 Å². The Bertz CT molecular complexity index is 113. The van der Waals surface area contributed by atoms with E-state index in [0.717, 1.165) is 0 Å². The van der Waals surface area contributed by atoms with Gasteiger partial charge in [-0.05, 0) is 13.8 Å². The summed E-state index contributed by atoms with van der Waals surface area (Å²) in [6, 6.07) is 0. The molecule has 0 fully saturated rings. The van der Waals surface area contributed by atoms with E-state index in [2.05, 4.69) is 6.58 Å². The standard InChI is InChI=1S/C7H13Cl2N/c1-4-7(10,5(2)8)6(3)9/h4-6H,1,10H2,2-3H3. The molecule has 10 heavy (non-hydrogen) atoms. The molecule has 0 rings (SSSR count). The highest BCUT2D eigenvalue weighted by atomic mass is 35.5. The summed E-state index contributed by atoms with van der Waals surface area (Å²) in [7, 11) is 0. The van der Waals surface area contributed by atoms with Crippen LogP contribution in [-0.4, -0.2) is 16.3 Å². The van der Waals surface area contributed by atoms with Crippen LogP contribution in [0.4, 0.5) is 0 Å². The van der Waals surface area contributed by atoms with Crippen molar-refractivity contribution in [2.24, 2.45) is 5.73 Å². The lowest BCUT2D eigenvalue weighted by atomic mass is 9.94. The van der Waals surface area contributed by atoms with Crippen molar-refractivity contribution in [2.75, 3.05) is 0 Å². The van der Waals surface area contributed by atoms with Crippen molar-refractivity contribution < 1.29 is 0 Å². The van der Waals surface area contributed by atoms with E-state index >= 15 is 0 Å².